The summed E-state index contributed by atoms with van der Waals surface area (Å²) in [4.78, 5) is 22.5. The van der Waals surface area contributed by atoms with Gasteiger partial charge in [0.2, 0.25) is 0 Å². The number of nitrogens with zero attached hydrogens (tertiary/aromatic N) is 3. The first-order valence-corrected chi connectivity index (χ1v) is 9.57. The monoisotopic (exact) mass is 372 g/mol. The van der Waals surface area contributed by atoms with E-state index in [4.69, 9.17) is 0 Å². The second-order valence-corrected chi connectivity index (χ2v) is 7.06. The maximum atomic E-state index is 13.4. The standard InChI is InChI=1S/C23H24N4O/c1-26-16-21(20-11-5-6-12-22(20)26)23(28)27(15-19-14-24-17-25-19)13-7-10-18-8-3-2-4-9-18/h2-6,8-9,11-12,14,16-17H,7,10,13,15H2,1H3,(H,24,25). The van der Waals surface area contributed by atoms with E-state index in [1.807, 2.05) is 53.0 Å². The third-order valence-electron chi connectivity index (χ3n) is 5.07. The van der Waals surface area contributed by atoms with E-state index >= 15 is 0 Å². The lowest BCUT2D eigenvalue weighted by atomic mass is 10.1. The Morgan fingerprint density at radius 2 is 1.89 bits per heavy atom. The van der Waals surface area contributed by atoms with Crippen molar-refractivity contribution in [3.8, 4) is 0 Å². The fraction of sp³-hybridized carbons (Fsp3) is 0.217. The average molecular weight is 372 g/mol. The molecule has 142 valence electrons. The van der Waals surface area contributed by atoms with Gasteiger partial charge in [0.1, 0.15) is 0 Å². The lowest BCUT2D eigenvalue weighted by Gasteiger charge is -2.22. The Bertz CT molecular complexity index is 1050. The van der Waals surface area contributed by atoms with E-state index in [-0.39, 0.29) is 5.91 Å². The summed E-state index contributed by atoms with van der Waals surface area (Å²) in [6, 6.07) is 18.4. The number of hydrogen-bond acceptors (Lipinski definition) is 2. The molecular weight excluding hydrogens is 348 g/mol. The Labute approximate surface area is 164 Å². The number of hydrogen-bond donors (Lipinski definition) is 1. The molecule has 1 N–H and O–H groups in total. The summed E-state index contributed by atoms with van der Waals surface area (Å²) in [7, 11) is 1.98. The number of amides is 1. The second-order valence-electron chi connectivity index (χ2n) is 7.06. The number of carbonyl (C=O) groups excluding carboxylic acids is 1. The van der Waals surface area contributed by atoms with Crippen LogP contribution in [0, 0.1) is 0 Å². The summed E-state index contributed by atoms with van der Waals surface area (Å²) in [5.74, 6) is 0.0551. The van der Waals surface area contributed by atoms with Crippen molar-refractivity contribution in [3.05, 3.63) is 90.1 Å². The largest absolute Gasteiger partial charge is 0.350 e. The number of rotatable bonds is 7. The molecule has 0 aliphatic carbocycles. The van der Waals surface area contributed by atoms with E-state index in [1.165, 1.54) is 5.56 Å². The predicted octanol–water partition coefficient (Wildman–Crippen LogP) is 4.18. The van der Waals surface area contributed by atoms with Gasteiger partial charge in [0, 0.05) is 36.9 Å². The van der Waals surface area contributed by atoms with Crippen LogP contribution in [0.25, 0.3) is 10.9 Å². The molecule has 0 aliphatic rings. The molecule has 2 aromatic carbocycles. The van der Waals surface area contributed by atoms with Gasteiger partial charge in [0.25, 0.3) is 5.91 Å². The van der Waals surface area contributed by atoms with Gasteiger partial charge >= 0.3 is 0 Å². The van der Waals surface area contributed by atoms with Crippen molar-refractivity contribution in [3.63, 3.8) is 0 Å². The quantitative estimate of drug-likeness (QED) is 0.529. The number of aromatic nitrogens is 3. The van der Waals surface area contributed by atoms with Gasteiger partial charge in [0.05, 0.1) is 24.1 Å². The molecule has 28 heavy (non-hydrogen) atoms. The van der Waals surface area contributed by atoms with Crippen LogP contribution in [0.2, 0.25) is 0 Å². The summed E-state index contributed by atoms with van der Waals surface area (Å²) < 4.78 is 2.01. The summed E-state index contributed by atoms with van der Waals surface area (Å²) in [6.07, 6.45) is 7.22. The molecule has 0 saturated heterocycles. The zero-order chi connectivity index (χ0) is 19.3. The zero-order valence-electron chi connectivity index (χ0n) is 16.0. The average Bonchev–Trinajstić information content (AvgIpc) is 3.36. The highest BCUT2D eigenvalue weighted by Crippen LogP contribution is 2.22. The summed E-state index contributed by atoms with van der Waals surface area (Å²) in [5, 5.41) is 0.993. The Hall–Kier alpha value is -3.34. The van der Waals surface area contributed by atoms with Crippen molar-refractivity contribution in [1.29, 1.82) is 0 Å². The number of aromatic amines is 1. The van der Waals surface area contributed by atoms with E-state index in [2.05, 4.69) is 34.2 Å². The lowest BCUT2D eigenvalue weighted by molar-refractivity contribution is 0.0741. The number of benzene rings is 2. The Balaban J connectivity index is 1.56. The van der Waals surface area contributed by atoms with Crippen molar-refractivity contribution in [2.45, 2.75) is 19.4 Å². The number of H-pyrrole nitrogens is 1. The van der Waals surface area contributed by atoms with E-state index in [0.717, 1.165) is 35.0 Å². The maximum absolute atomic E-state index is 13.4. The van der Waals surface area contributed by atoms with E-state index in [1.54, 1.807) is 12.5 Å². The normalized spacial score (nSPS) is 11.0. The lowest BCUT2D eigenvalue weighted by Crippen LogP contribution is -2.32. The van der Waals surface area contributed by atoms with Crippen LogP contribution < -0.4 is 0 Å². The topological polar surface area (TPSA) is 53.9 Å². The molecule has 5 nitrogen and oxygen atoms in total. The molecule has 0 bridgehead atoms. The van der Waals surface area contributed by atoms with Crippen LogP contribution in [-0.4, -0.2) is 31.9 Å². The molecule has 0 aliphatic heterocycles. The van der Waals surface area contributed by atoms with E-state index in [9.17, 15) is 4.79 Å². The number of nitrogens with one attached hydrogen (secondary N) is 1. The van der Waals surface area contributed by atoms with Gasteiger partial charge in [-0.25, -0.2) is 4.98 Å². The second kappa shape index (κ2) is 8.13. The number of imidazole rings is 1. The molecule has 2 aromatic heterocycles. The molecule has 1 amide bonds. The maximum Gasteiger partial charge on any atom is 0.256 e. The number of aryl methyl sites for hydroxylation is 2. The van der Waals surface area contributed by atoms with Crippen molar-refractivity contribution in [2.24, 2.45) is 7.05 Å². The van der Waals surface area contributed by atoms with Crippen LogP contribution in [0.1, 0.15) is 28.0 Å². The molecule has 0 spiro atoms. The molecule has 0 fully saturated rings. The molecule has 0 atom stereocenters. The smallest absolute Gasteiger partial charge is 0.256 e. The first-order valence-electron chi connectivity index (χ1n) is 9.57. The van der Waals surface area contributed by atoms with Crippen molar-refractivity contribution >= 4 is 16.8 Å². The Kier molecular flexibility index (Phi) is 5.24. The third kappa shape index (κ3) is 3.83. The molecule has 4 aromatic rings. The fourth-order valence-corrected chi connectivity index (χ4v) is 3.63. The van der Waals surface area contributed by atoms with Gasteiger partial charge in [-0.2, -0.15) is 0 Å². The molecule has 4 rings (SSSR count). The van der Waals surface area contributed by atoms with Gasteiger partial charge in [0.15, 0.2) is 0 Å². The van der Waals surface area contributed by atoms with Crippen LogP contribution >= 0.6 is 0 Å². The first kappa shape index (κ1) is 18.0. The van der Waals surface area contributed by atoms with E-state index in [0.29, 0.717) is 13.1 Å². The molecule has 2 heterocycles. The minimum absolute atomic E-state index is 0.0551. The first-order chi connectivity index (χ1) is 13.7. The zero-order valence-corrected chi connectivity index (χ0v) is 16.0. The summed E-state index contributed by atoms with van der Waals surface area (Å²) >= 11 is 0. The minimum Gasteiger partial charge on any atom is -0.350 e. The highest BCUT2D eigenvalue weighted by atomic mass is 16.2. The van der Waals surface area contributed by atoms with Gasteiger partial charge in [-0.3, -0.25) is 4.79 Å². The summed E-state index contributed by atoms with van der Waals surface area (Å²) in [5.41, 5.74) is 4.05. The van der Waals surface area contributed by atoms with Crippen molar-refractivity contribution in [2.75, 3.05) is 6.54 Å². The fourth-order valence-electron chi connectivity index (χ4n) is 3.63. The third-order valence-corrected chi connectivity index (χ3v) is 5.07. The molecule has 0 saturated carbocycles. The van der Waals surface area contributed by atoms with Gasteiger partial charge in [-0.1, -0.05) is 48.5 Å². The van der Waals surface area contributed by atoms with Crippen LogP contribution in [0.4, 0.5) is 0 Å². The molecule has 5 heteroatoms. The van der Waals surface area contributed by atoms with Crippen LogP contribution in [0.3, 0.4) is 0 Å². The van der Waals surface area contributed by atoms with Crippen molar-refractivity contribution in [1.82, 2.24) is 19.4 Å². The van der Waals surface area contributed by atoms with Gasteiger partial charge in [-0.15, -0.1) is 0 Å². The Morgan fingerprint density at radius 3 is 2.68 bits per heavy atom. The minimum atomic E-state index is 0.0551. The van der Waals surface area contributed by atoms with Crippen LogP contribution in [0.15, 0.2) is 73.3 Å². The van der Waals surface area contributed by atoms with E-state index < -0.39 is 0 Å². The molecule has 0 unspecified atom stereocenters. The molecule has 0 radical (unpaired) electrons. The van der Waals surface area contributed by atoms with Crippen molar-refractivity contribution < 1.29 is 4.79 Å². The van der Waals surface area contributed by atoms with Gasteiger partial charge < -0.3 is 14.5 Å². The predicted molar refractivity (Wildman–Crippen MR) is 111 cm³/mol. The number of fused-ring (bicyclic) bond motifs is 1. The summed E-state index contributed by atoms with van der Waals surface area (Å²) in [6.45, 7) is 1.22. The molecular formula is C23H24N4O. The number of carbonyl (C=O) groups is 1. The number of para-hydroxylation sites is 1. The highest BCUT2D eigenvalue weighted by Gasteiger charge is 2.20. The SMILES string of the molecule is Cn1cc(C(=O)N(CCCc2ccccc2)Cc2cnc[nH]2)c2ccccc21. The highest BCUT2D eigenvalue weighted by molar-refractivity contribution is 6.06. The Morgan fingerprint density at radius 1 is 1.11 bits per heavy atom. The van der Waals surface area contributed by atoms with Crippen LogP contribution in [0.5, 0.6) is 0 Å². The van der Waals surface area contributed by atoms with Crippen LogP contribution in [-0.2, 0) is 20.0 Å². The van der Waals surface area contributed by atoms with Gasteiger partial charge in [-0.05, 0) is 24.5 Å².